The molecule has 1 aromatic carbocycles. The van der Waals surface area contributed by atoms with Gasteiger partial charge in [0.25, 0.3) is 0 Å². The van der Waals surface area contributed by atoms with Crippen LogP contribution in [0.25, 0.3) is 0 Å². The maximum Gasteiger partial charge on any atom is 0.306 e. The molecule has 8 heteroatoms. The van der Waals surface area contributed by atoms with Crippen molar-refractivity contribution < 1.29 is 29.3 Å². The molecule has 0 radical (unpaired) electrons. The van der Waals surface area contributed by atoms with Crippen LogP contribution >= 0.6 is 11.6 Å². The van der Waals surface area contributed by atoms with Crippen LogP contribution in [0.5, 0.6) is 0 Å². The van der Waals surface area contributed by atoms with E-state index < -0.39 is 22.9 Å². The minimum absolute atomic E-state index is 0.00682. The molecule has 9 atom stereocenters. The fraction of sp³-hybridized carbons (Fsp3) is 0.756. The van der Waals surface area contributed by atoms with Crippen molar-refractivity contribution in [1.29, 1.82) is 0 Å². The number of fused-ring (bicyclic) bond motifs is 7. The number of carbonyl (C=O) groups is 3. The van der Waals surface area contributed by atoms with Gasteiger partial charge in [-0.05, 0) is 120 Å². The molecular formula is C45H66ClNO6. The van der Waals surface area contributed by atoms with E-state index in [1.165, 1.54) is 5.57 Å². The molecule has 4 fully saturated rings. The summed E-state index contributed by atoms with van der Waals surface area (Å²) in [5.41, 5.74) is 2.14. The van der Waals surface area contributed by atoms with Crippen LogP contribution in [-0.4, -0.2) is 46.7 Å². The van der Waals surface area contributed by atoms with Crippen LogP contribution in [0.3, 0.4) is 0 Å². The highest BCUT2D eigenvalue weighted by Crippen LogP contribution is 2.77. The predicted octanol–water partition coefficient (Wildman–Crippen LogP) is 9.57. The molecule has 53 heavy (non-hydrogen) atoms. The zero-order valence-electron chi connectivity index (χ0n) is 33.9. The number of halogens is 1. The number of carbonyl (C=O) groups excluding carboxylic acids is 2. The minimum atomic E-state index is -0.899. The van der Waals surface area contributed by atoms with Gasteiger partial charge in [0.05, 0.1) is 18.9 Å². The third kappa shape index (κ3) is 6.75. The molecule has 0 spiro atoms. The van der Waals surface area contributed by atoms with Crippen LogP contribution in [0, 0.1) is 56.2 Å². The number of ether oxygens (including phenoxy) is 1. The predicted molar refractivity (Wildman–Crippen MR) is 209 cm³/mol. The van der Waals surface area contributed by atoms with Crippen molar-refractivity contribution in [3.8, 4) is 0 Å². The Bertz CT molecular complexity index is 1630. The summed E-state index contributed by atoms with van der Waals surface area (Å²) < 4.78 is 6.26. The Labute approximate surface area is 323 Å². The van der Waals surface area contributed by atoms with Gasteiger partial charge >= 0.3 is 11.9 Å². The van der Waals surface area contributed by atoms with E-state index in [1.807, 2.05) is 38.1 Å². The Morgan fingerprint density at radius 1 is 0.925 bits per heavy atom. The SMILES string of the molecule is CC(C)C1=C2[C@H]3CC[C@@H]4[C@@]5(C)CC[C@H](OC(=O)CC(C)(C)CC(=O)O)C(C)(C)[C@@H]5CC[C@@]4(C)[C@]3(C)CC[C@]2([C@H](O)CNCc2ccc(Cl)cc2)CC1=O. The third-order valence-corrected chi connectivity index (χ3v) is 16.4. The fourth-order valence-corrected chi connectivity index (χ4v) is 13.6. The lowest BCUT2D eigenvalue weighted by Gasteiger charge is -2.72. The maximum atomic E-state index is 14.0. The van der Waals surface area contributed by atoms with Crippen molar-refractivity contribution in [3.63, 3.8) is 0 Å². The number of aliphatic hydroxyl groups excluding tert-OH is 1. The second-order valence-electron chi connectivity index (χ2n) is 20.4. The standard InChI is InChI=1S/C45H66ClNO6/c1-27(2)38-31(48)22-45(34(49)26-47-25-28-10-12-29(46)13-11-28)21-20-43(8)30(39(38)45)14-15-33-42(7)18-17-35(41(5,6)32(42)16-19-44(33,43)9)53-37(52)24-40(3,4)23-36(50)51/h10-13,27,30,32-35,47,49H,14-26H2,1-9H3,(H,50,51)/t30-,32+,33-,34-,35+,42+,43-,44-,45-/m1/s1. The molecule has 0 unspecified atom stereocenters. The summed E-state index contributed by atoms with van der Waals surface area (Å²) in [6.07, 6.45) is 7.51. The van der Waals surface area contributed by atoms with Gasteiger partial charge in [0.15, 0.2) is 5.78 Å². The molecule has 0 bridgehead atoms. The number of carboxylic acid groups (broad SMARTS) is 1. The summed E-state index contributed by atoms with van der Waals surface area (Å²) in [5, 5.41) is 25.7. The molecule has 4 saturated carbocycles. The number of allylic oxidation sites excluding steroid dienone is 1. The van der Waals surface area contributed by atoms with Crippen molar-refractivity contribution in [1.82, 2.24) is 5.32 Å². The van der Waals surface area contributed by atoms with E-state index in [0.29, 0.717) is 36.4 Å². The number of aliphatic hydroxyl groups is 1. The van der Waals surface area contributed by atoms with Gasteiger partial charge in [0, 0.05) is 35.4 Å². The Hall–Kier alpha value is -2.22. The summed E-state index contributed by atoms with van der Waals surface area (Å²) in [6.45, 7) is 21.3. The zero-order valence-corrected chi connectivity index (χ0v) is 34.6. The van der Waals surface area contributed by atoms with Crippen LogP contribution in [-0.2, 0) is 25.7 Å². The Morgan fingerprint density at radius 2 is 1.60 bits per heavy atom. The van der Waals surface area contributed by atoms with Crippen LogP contribution in [0.4, 0.5) is 0 Å². The normalized spacial score (nSPS) is 37.0. The monoisotopic (exact) mass is 751 g/mol. The molecule has 0 saturated heterocycles. The van der Waals surface area contributed by atoms with Gasteiger partial charge in [0.2, 0.25) is 0 Å². The number of carboxylic acids is 1. The minimum Gasteiger partial charge on any atom is -0.481 e. The van der Waals surface area contributed by atoms with E-state index in [2.05, 4.69) is 53.8 Å². The molecular weight excluding hydrogens is 686 g/mol. The second kappa shape index (κ2) is 14.1. The Kier molecular flexibility index (Phi) is 10.7. The van der Waals surface area contributed by atoms with Gasteiger partial charge in [-0.15, -0.1) is 0 Å². The van der Waals surface area contributed by atoms with Crippen molar-refractivity contribution in [2.75, 3.05) is 6.54 Å². The van der Waals surface area contributed by atoms with Gasteiger partial charge in [0.1, 0.15) is 6.10 Å². The lowest BCUT2D eigenvalue weighted by Crippen LogP contribution is -2.66. The van der Waals surface area contributed by atoms with E-state index in [9.17, 15) is 24.6 Å². The molecule has 5 aliphatic carbocycles. The lowest BCUT2D eigenvalue weighted by atomic mass is 9.33. The summed E-state index contributed by atoms with van der Waals surface area (Å²) >= 11 is 6.11. The van der Waals surface area contributed by atoms with Crippen LogP contribution < -0.4 is 5.32 Å². The van der Waals surface area contributed by atoms with Crippen LogP contribution in [0.1, 0.15) is 139 Å². The second-order valence-corrected chi connectivity index (χ2v) is 20.8. The summed E-state index contributed by atoms with van der Waals surface area (Å²) in [6, 6.07) is 7.80. The number of aliphatic carboxylic acids is 1. The van der Waals surface area contributed by atoms with E-state index in [0.717, 1.165) is 62.5 Å². The van der Waals surface area contributed by atoms with E-state index in [4.69, 9.17) is 16.3 Å². The smallest absolute Gasteiger partial charge is 0.306 e. The van der Waals surface area contributed by atoms with Gasteiger partial charge in [-0.2, -0.15) is 0 Å². The molecule has 0 aliphatic heterocycles. The van der Waals surface area contributed by atoms with Gasteiger partial charge in [-0.1, -0.05) is 91.6 Å². The summed E-state index contributed by atoms with van der Waals surface area (Å²) in [4.78, 5) is 38.7. The summed E-state index contributed by atoms with van der Waals surface area (Å²) in [7, 11) is 0. The molecule has 294 valence electrons. The van der Waals surface area contributed by atoms with Crippen molar-refractivity contribution in [2.24, 2.45) is 56.2 Å². The molecule has 5 aliphatic rings. The van der Waals surface area contributed by atoms with Gasteiger partial charge in [-0.3, -0.25) is 14.4 Å². The molecule has 7 nitrogen and oxygen atoms in total. The van der Waals surface area contributed by atoms with Gasteiger partial charge < -0.3 is 20.3 Å². The number of nitrogens with one attached hydrogen (secondary N) is 1. The highest BCUT2D eigenvalue weighted by atomic mass is 35.5. The Morgan fingerprint density at radius 3 is 2.25 bits per heavy atom. The number of rotatable bonds is 11. The Balaban J connectivity index is 1.24. The average molecular weight is 752 g/mol. The van der Waals surface area contributed by atoms with Crippen LogP contribution in [0.2, 0.25) is 5.02 Å². The van der Waals surface area contributed by atoms with Crippen molar-refractivity contribution >= 4 is 29.3 Å². The van der Waals surface area contributed by atoms with Crippen LogP contribution in [0.15, 0.2) is 35.4 Å². The first-order valence-corrected chi connectivity index (χ1v) is 20.8. The first-order chi connectivity index (χ1) is 24.6. The van der Waals surface area contributed by atoms with E-state index in [-0.39, 0.29) is 64.2 Å². The molecule has 0 amide bonds. The molecule has 6 rings (SSSR count). The molecule has 0 heterocycles. The zero-order chi connectivity index (χ0) is 38.9. The largest absolute Gasteiger partial charge is 0.481 e. The number of Topliss-reactive ketones (excluding diaryl/α,β-unsaturated/α-hetero) is 1. The lowest BCUT2D eigenvalue weighted by molar-refractivity contribution is -0.235. The van der Waals surface area contributed by atoms with Crippen molar-refractivity contribution in [2.45, 2.75) is 152 Å². The highest BCUT2D eigenvalue weighted by molar-refractivity contribution is 6.30. The number of benzene rings is 1. The average Bonchev–Trinajstić information content (AvgIpc) is 3.36. The number of hydrogen-bond acceptors (Lipinski definition) is 6. The molecule has 1 aromatic rings. The van der Waals surface area contributed by atoms with E-state index in [1.54, 1.807) is 0 Å². The van der Waals surface area contributed by atoms with Gasteiger partial charge in [-0.25, -0.2) is 0 Å². The third-order valence-electron chi connectivity index (χ3n) is 16.2. The van der Waals surface area contributed by atoms with E-state index >= 15 is 0 Å². The first-order valence-electron chi connectivity index (χ1n) is 20.4. The van der Waals surface area contributed by atoms with Crippen molar-refractivity contribution in [3.05, 3.63) is 46.0 Å². The number of hydrogen-bond donors (Lipinski definition) is 3. The first kappa shape index (κ1) is 40.4. The maximum absolute atomic E-state index is 14.0. The quantitative estimate of drug-likeness (QED) is 0.193. The molecule has 0 aromatic heterocycles. The summed E-state index contributed by atoms with van der Waals surface area (Å²) in [5.74, 6) is 0.305. The highest BCUT2D eigenvalue weighted by Gasteiger charge is 2.70. The molecule has 3 N–H and O–H groups in total. The fourth-order valence-electron chi connectivity index (χ4n) is 13.5. The number of ketones is 1. The topological polar surface area (TPSA) is 113 Å². The number of esters is 1.